The number of aryl methyl sites for hydroxylation is 1. The third-order valence-corrected chi connectivity index (χ3v) is 4.68. The van der Waals surface area contributed by atoms with Crippen molar-refractivity contribution in [2.24, 2.45) is 0 Å². The monoisotopic (exact) mass is 320 g/mol. The first kappa shape index (κ1) is 16.0. The summed E-state index contributed by atoms with van der Waals surface area (Å²) in [6.45, 7) is 4.92. The predicted molar refractivity (Wildman–Crippen MR) is 82.7 cm³/mol. The standard InChI is InChI=1S/C16H24N4O3/c1-2-13-17-16(23-18-13)12-6-7-15(22)20(11-12)10-4-9-19-8-3-5-14(19)21/h12H,2-11H2,1H3/t12-/m1/s1. The van der Waals surface area contributed by atoms with Gasteiger partial charge in [0.15, 0.2) is 5.82 Å². The van der Waals surface area contributed by atoms with Crippen molar-refractivity contribution < 1.29 is 14.1 Å². The molecule has 2 saturated heterocycles. The Morgan fingerprint density at radius 2 is 1.96 bits per heavy atom. The molecule has 0 saturated carbocycles. The Hall–Kier alpha value is -1.92. The van der Waals surface area contributed by atoms with E-state index in [2.05, 4.69) is 10.1 Å². The fourth-order valence-electron chi connectivity index (χ4n) is 3.30. The van der Waals surface area contributed by atoms with E-state index in [-0.39, 0.29) is 17.7 Å². The molecule has 1 atom stereocenters. The van der Waals surface area contributed by atoms with E-state index in [9.17, 15) is 9.59 Å². The molecule has 3 heterocycles. The van der Waals surface area contributed by atoms with Crippen molar-refractivity contribution in [2.45, 2.75) is 51.4 Å². The van der Waals surface area contributed by atoms with Gasteiger partial charge in [0.2, 0.25) is 17.7 Å². The van der Waals surface area contributed by atoms with Crippen molar-refractivity contribution >= 4 is 11.8 Å². The Morgan fingerprint density at radius 1 is 1.17 bits per heavy atom. The molecule has 2 aliphatic rings. The van der Waals surface area contributed by atoms with Crippen LogP contribution >= 0.6 is 0 Å². The molecule has 2 fully saturated rings. The summed E-state index contributed by atoms with van der Waals surface area (Å²) in [6.07, 6.45) is 4.50. The molecular formula is C16H24N4O3. The molecule has 1 aromatic heterocycles. The second-order valence-electron chi connectivity index (χ2n) is 6.32. The summed E-state index contributed by atoms with van der Waals surface area (Å²) in [5, 5.41) is 3.94. The number of piperidine rings is 1. The lowest BCUT2D eigenvalue weighted by Gasteiger charge is -2.31. The third-order valence-electron chi connectivity index (χ3n) is 4.68. The molecule has 2 aliphatic heterocycles. The average molecular weight is 320 g/mol. The van der Waals surface area contributed by atoms with Gasteiger partial charge in [0.1, 0.15) is 0 Å². The lowest BCUT2D eigenvalue weighted by molar-refractivity contribution is -0.134. The molecule has 7 heteroatoms. The van der Waals surface area contributed by atoms with Gasteiger partial charge in [0, 0.05) is 45.4 Å². The first-order valence-corrected chi connectivity index (χ1v) is 8.55. The third kappa shape index (κ3) is 3.71. The van der Waals surface area contributed by atoms with Crippen LogP contribution in [-0.4, -0.2) is 57.9 Å². The average Bonchev–Trinajstić information content (AvgIpc) is 3.18. The van der Waals surface area contributed by atoms with Crippen molar-refractivity contribution in [3.8, 4) is 0 Å². The Bertz CT molecular complexity index is 571. The molecule has 7 nitrogen and oxygen atoms in total. The molecule has 0 radical (unpaired) electrons. The number of carbonyl (C=O) groups excluding carboxylic acids is 2. The first-order chi connectivity index (χ1) is 11.2. The van der Waals surface area contributed by atoms with Crippen LogP contribution < -0.4 is 0 Å². The van der Waals surface area contributed by atoms with Crippen LogP contribution in [0.2, 0.25) is 0 Å². The van der Waals surface area contributed by atoms with Gasteiger partial charge in [-0.15, -0.1) is 0 Å². The van der Waals surface area contributed by atoms with Crippen LogP contribution in [0.5, 0.6) is 0 Å². The maximum atomic E-state index is 12.1. The zero-order valence-electron chi connectivity index (χ0n) is 13.7. The molecule has 0 unspecified atom stereocenters. The number of rotatable bonds is 6. The lowest BCUT2D eigenvalue weighted by Crippen LogP contribution is -2.40. The molecule has 3 rings (SSSR count). The molecule has 0 aromatic carbocycles. The van der Waals surface area contributed by atoms with E-state index in [1.165, 1.54) is 0 Å². The minimum absolute atomic E-state index is 0.133. The maximum Gasteiger partial charge on any atom is 0.231 e. The number of likely N-dealkylation sites (tertiary alicyclic amines) is 2. The Morgan fingerprint density at radius 3 is 2.65 bits per heavy atom. The summed E-state index contributed by atoms with van der Waals surface area (Å²) in [5.41, 5.74) is 0. The highest BCUT2D eigenvalue weighted by Crippen LogP contribution is 2.26. The van der Waals surface area contributed by atoms with Crippen LogP contribution in [0.4, 0.5) is 0 Å². The molecule has 23 heavy (non-hydrogen) atoms. The highest BCUT2D eigenvalue weighted by Gasteiger charge is 2.30. The lowest BCUT2D eigenvalue weighted by atomic mass is 9.97. The van der Waals surface area contributed by atoms with Gasteiger partial charge < -0.3 is 14.3 Å². The fraction of sp³-hybridized carbons (Fsp3) is 0.750. The zero-order chi connectivity index (χ0) is 16.2. The van der Waals surface area contributed by atoms with Crippen LogP contribution in [0.15, 0.2) is 4.52 Å². The maximum absolute atomic E-state index is 12.1. The molecule has 126 valence electrons. The Kier molecular flexibility index (Phi) is 4.93. The number of nitrogens with zero attached hydrogens (tertiary/aromatic N) is 4. The topological polar surface area (TPSA) is 79.5 Å². The van der Waals surface area contributed by atoms with Crippen LogP contribution in [0.3, 0.4) is 0 Å². The number of aromatic nitrogens is 2. The summed E-state index contributed by atoms with van der Waals surface area (Å²) in [6, 6.07) is 0. The fourth-order valence-corrected chi connectivity index (χ4v) is 3.30. The van der Waals surface area contributed by atoms with Crippen molar-refractivity contribution in [1.82, 2.24) is 19.9 Å². The minimum atomic E-state index is 0.133. The van der Waals surface area contributed by atoms with Gasteiger partial charge in [0.25, 0.3) is 0 Å². The molecule has 0 spiro atoms. The van der Waals surface area contributed by atoms with Crippen molar-refractivity contribution in [3.63, 3.8) is 0 Å². The Balaban J connectivity index is 1.51. The molecule has 0 N–H and O–H groups in total. The summed E-state index contributed by atoms with van der Waals surface area (Å²) < 4.78 is 5.33. The second kappa shape index (κ2) is 7.10. The van der Waals surface area contributed by atoms with Crippen LogP contribution in [-0.2, 0) is 16.0 Å². The smallest absolute Gasteiger partial charge is 0.231 e. The predicted octanol–water partition coefficient (Wildman–Crippen LogP) is 1.35. The van der Waals surface area contributed by atoms with Crippen LogP contribution in [0.1, 0.15) is 56.7 Å². The molecule has 0 aliphatic carbocycles. The van der Waals surface area contributed by atoms with Gasteiger partial charge in [-0.3, -0.25) is 9.59 Å². The Labute approximate surface area is 136 Å². The van der Waals surface area contributed by atoms with Crippen molar-refractivity contribution in [1.29, 1.82) is 0 Å². The quantitative estimate of drug-likeness (QED) is 0.790. The largest absolute Gasteiger partial charge is 0.343 e. The SMILES string of the molecule is CCc1noc([C@@H]2CCC(=O)N(CCCN3CCCC3=O)C2)n1. The highest BCUT2D eigenvalue weighted by atomic mass is 16.5. The number of carbonyl (C=O) groups is 2. The summed E-state index contributed by atoms with van der Waals surface area (Å²) in [4.78, 5) is 31.9. The van der Waals surface area contributed by atoms with Gasteiger partial charge in [-0.1, -0.05) is 12.1 Å². The summed E-state index contributed by atoms with van der Waals surface area (Å²) in [5.74, 6) is 1.93. The van der Waals surface area contributed by atoms with E-state index < -0.39 is 0 Å². The van der Waals surface area contributed by atoms with Gasteiger partial charge >= 0.3 is 0 Å². The van der Waals surface area contributed by atoms with E-state index in [1.54, 1.807) is 0 Å². The van der Waals surface area contributed by atoms with E-state index in [4.69, 9.17) is 4.52 Å². The first-order valence-electron chi connectivity index (χ1n) is 8.55. The zero-order valence-corrected chi connectivity index (χ0v) is 13.7. The summed E-state index contributed by atoms with van der Waals surface area (Å²) in [7, 11) is 0. The van der Waals surface area contributed by atoms with Crippen molar-refractivity contribution in [2.75, 3.05) is 26.2 Å². The molecule has 1 aromatic rings. The van der Waals surface area contributed by atoms with Crippen molar-refractivity contribution in [3.05, 3.63) is 11.7 Å². The normalized spacial score (nSPS) is 22.2. The van der Waals surface area contributed by atoms with E-state index >= 15 is 0 Å². The highest BCUT2D eigenvalue weighted by molar-refractivity contribution is 5.78. The minimum Gasteiger partial charge on any atom is -0.343 e. The van der Waals surface area contributed by atoms with Gasteiger partial charge in [-0.2, -0.15) is 4.98 Å². The summed E-state index contributed by atoms with van der Waals surface area (Å²) >= 11 is 0. The van der Waals surface area contributed by atoms with Gasteiger partial charge in [-0.05, 0) is 19.3 Å². The molecule has 0 bridgehead atoms. The van der Waals surface area contributed by atoms with E-state index in [0.29, 0.717) is 31.8 Å². The van der Waals surface area contributed by atoms with Gasteiger partial charge in [0.05, 0.1) is 5.92 Å². The second-order valence-corrected chi connectivity index (χ2v) is 6.32. The van der Waals surface area contributed by atoms with Crippen LogP contribution in [0, 0.1) is 0 Å². The van der Waals surface area contributed by atoms with E-state index in [0.717, 1.165) is 44.6 Å². The number of amides is 2. The van der Waals surface area contributed by atoms with Crippen LogP contribution in [0.25, 0.3) is 0 Å². The molecule has 2 amide bonds. The van der Waals surface area contributed by atoms with Gasteiger partial charge in [-0.25, -0.2) is 0 Å². The van der Waals surface area contributed by atoms with E-state index in [1.807, 2.05) is 16.7 Å². The number of hydrogen-bond acceptors (Lipinski definition) is 5. The molecular weight excluding hydrogens is 296 g/mol. The number of hydrogen-bond donors (Lipinski definition) is 0.